The lowest BCUT2D eigenvalue weighted by atomic mass is 9.98. The van der Waals surface area contributed by atoms with E-state index in [-0.39, 0.29) is 12.5 Å². The highest BCUT2D eigenvalue weighted by Gasteiger charge is 2.06. The third-order valence-corrected chi connectivity index (χ3v) is 2.74. The summed E-state index contributed by atoms with van der Waals surface area (Å²) in [6, 6.07) is 4.16. The van der Waals surface area contributed by atoms with Crippen molar-refractivity contribution in [2.45, 2.75) is 27.2 Å². The third kappa shape index (κ3) is 3.35. The van der Waals surface area contributed by atoms with E-state index in [9.17, 15) is 4.79 Å². The molecule has 0 aliphatic heterocycles. The number of amides is 1. The molecule has 1 rings (SSSR count). The largest absolute Gasteiger partial charge is 0.395 e. The first-order valence-corrected chi connectivity index (χ1v) is 5.49. The molecule has 1 aromatic carbocycles. The molecule has 16 heavy (non-hydrogen) atoms. The molecule has 88 valence electrons. The quantitative estimate of drug-likeness (QED) is 0.804. The van der Waals surface area contributed by atoms with Crippen molar-refractivity contribution in [3.63, 3.8) is 0 Å². The summed E-state index contributed by atoms with van der Waals surface area (Å²) in [5, 5.41) is 11.3. The van der Waals surface area contributed by atoms with Crippen LogP contribution in [0.5, 0.6) is 0 Å². The van der Waals surface area contributed by atoms with Gasteiger partial charge < -0.3 is 10.4 Å². The van der Waals surface area contributed by atoms with Gasteiger partial charge in [0.15, 0.2) is 0 Å². The number of rotatable bonds is 4. The molecule has 0 radical (unpaired) electrons. The van der Waals surface area contributed by atoms with Crippen LogP contribution in [0.2, 0.25) is 0 Å². The summed E-state index contributed by atoms with van der Waals surface area (Å²) in [5.41, 5.74) is 4.65. The van der Waals surface area contributed by atoms with Gasteiger partial charge in [0.05, 0.1) is 13.0 Å². The molecule has 2 N–H and O–H groups in total. The number of nitrogens with one attached hydrogen (secondary N) is 1. The topological polar surface area (TPSA) is 49.3 Å². The standard InChI is InChI=1S/C13H19NO2/c1-9-6-11(3)12(7-10(9)2)8-13(16)14-4-5-15/h6-7,15H,4-5,8H2,1-3H3,(H,14,16). The number of aliphatic hydroxyl groups excluding tert-OH is 1. The Labute approximate surface area is 96.5 Å². The zero-order valence-electron chi connectivity index (χ0n) is 10.1. The summed E-state index contributed by atoms with van der Waals surface area (Å²) in [6.45, 7) is 6.43. The molecular weight excluding hydrogens is 202 g/mol. The second-order valence-electron chi connectivity index (χ2n) is 4.11. The van der Waals surface area contributed by atoms with Gasteiger partial charge in [0.25, 0.3) is 0 Å². The summed E-state index contributed by atoms with van der Waals surface area (Å²) < 4.78 is 0. The fourth-order valence-corrected chi connectivity index (χ4v) is 1.64. The van der Waals surface area contributed by atoms with E-state index in [1.807, 2.05) is 13.8 Å². The molecule has 0 aliphatic rings. The van der Waals surface area contributed by atoms with Gasteiger partial charge in [-0.05, 0) is 43.0 Å². The monoisotopic (exact) mass is 221 g/mol. The van der Waals surface area contributed by atoms with Crippen LogP contribution >= 0.6 is 0 Å². The summed E-state index contributed by atoms with van der Waals surface area (Å²) in [7, 11) is 0. The minimum absolute atomic E-state index is 0.0162. The average Bonchev–Trinajstić information content (AvgIpc) is 2.23. The van der Waals surface area contributed by atoms with Gasteiger partial charge in [-0.25, -0.2) is 0 Å². The van der Waals surface area contributed by atoms with Gasteiger partial charge in [-0.2, -0.15) is 0 Å². The highest BCUT2D eigenvalue weighted by molar-refractivity contribution is 5.79. The minimum atomic E-state index is -0.0413. The molecule has 0 atom stereocenters. The van der Waals surface area contributed by atoms with Crippen molar-refractivity contribution in [3.8, 4) is 0 Å². The molecule has 0 saturated heterocycles. The maximum absolute atomic E-state index is 11.5. The Morgan fingerprint density at radius 1 is 1.19 bits per heavy atom. The van der Waals surface area contributed by atoms with Crippen LogP contribution in [0.1, 0.15) is 22.3 Å². The molecule has 0 aliphatic carbocycles. The number of hydrogen-bond acceptors (Lipinski definition) is 2. The van der Waals surface area contributed by atoms with Crippen LogP contribution in [0.4, 0.5) is 0 Å². The second-order valence-corrected chi connectivity index (χ2v) is 4.11. The van der Waals surface area contributed by atoms with Gasteiger partial charge in [0.2, 0.25) is 5.91 Å². The van der Waals surface area contributed by atoms with Crippen molar-refractivity contribution in [3.05, 3.63) is 34.4 Å². The number of benzene rings is 1. The molecule has 0 fully saturated rings. The first-order chi connectivity index (χ1) is 7.54. The van der Waals surface area contributed by atoms with E-state index in [1.165, 1.54) is 11.1 Å². The molecule has 0 bridgehead atoms. The zero-order chi connectivity index (χ0) is 12.1. The Balaban J connectivity index is 2.73. The van der Waals surface area contributed by atoms with Crippen molar-refractivity contribution < 1.29 is 9.90 Å². The molecule has 0 spiro atoms. The number of carbonyl (C=O) groups is 1. The Morgan fingerprint density at radius 2 is 1.81 bits per heavy atom. The molecule has 3 heteroatoms. The summed E-state index contributed by atoms with van der Waals surface area (Å²) in [5.74, 6) is -0.0413. The van der Waals surface area contributed by atoms with E-state index >= 15 is 0 Å². The normalized spacial score (nSPS) is 10.2. The molecule has 0 unspecified atom stereocenters. The SMILES string of the molecule is Cc1cc(C)c(CC(=O)NCCO)cc1C. The molecule has 1 amide bonds. The van der Waals surface area contributed by atoms with Crippen LogP contribution in [0.3, 0.4) is 0 Å². The third-order valence-electron chi connectivity index (χ3n) is 2.74. The van der Waals surface area contributed by atoms with E-state index in [4.69, 9.17) is 5.11 Å². The lowest BCUT2D eigenvalue weighted by Gasteiger charge is -2.09. The van der Waals surface area contributed by atoms with Gasteiger partial charge in [-0.15, -0.1) is 0 Å². The highest BCUT2D eigenvalue weighted by atomic mass is 16.3. The second kappa shape index (κ2) is 5.66. The molecular formula is C13H19NO2. The van der Waals surface area contributed by atoms with Gasteiger partial charge in [0, 0.05) is 6.54 Å². The van der Waals surface area contributed by atoms with Crippen LogP contribution < -0.4 is 5.32 Å². The predicted octanol–water partition coefficient (Wildman–Crippen LogP) is 1.26. The van der Waals surface area contributed by atoms with Crippen molar-refractivity contribution in [1.29, 1.82) is 0 Å². The molecule has 0 aromatic heterocycles. The Kier molecular flexibility index (Phi) is 4.50. The number of hydrogen-bond donors (Lipinski definition) is 2. The molecule has 0 heterocycles. The summed E-state index contributed by atoms with van der Waals surface area (Å²) in [4.78, 5) is 11.5. The van der Waals surface area contributed by atoms with Crippen molar-refractivity contribution in [2.75, 3.05) is 13.2 Å². The zero-order valence-corrected chi connectivity index (χ0v) is 10.1. The van der Waals surface area contributed by atoms with Crippen LogP contribution in [-0.4, -0.2) is 24.2 Å². The van der Waals surface area contributed by atoms with Gasteiger partial charge in [-0.3, -0.25) is 4.79 Å². The Morgan fingerprint density at radius 3 is 2.44 bits per heavy atom. The van der Waals surface area contributed by atoms with E-state index in [1.54, 1.807) is 0 Å². The first kappa shape index (κ1) is 12.7. The van der Waals surface area contributed by atoms with Crippen molar-refractivity contribution in [1.82, 2.24) is 5.32 Å². The van der Waals surface area contributed by atoms with Gasteiger partial charge >= 0.3 is 0 Å². The fourth-order valence-electron chi connectivity index (χ4n) is 1.64. The first-order valence-electron chi connectivity index (χ1n) is 5.49. The van der Waals surface area contributed by atoms with Crippen molar-refractivity contribution in [2.24, 2.45) is 0 Å². The van der Waals surface area contributed by atoms with Gasteiger partial charge in [0.1, 0.15) is 0 Å². The maximum Gasteiger partial charge on any atom is 0.224 e. The highest BCUT2D eigenvalue weighted by Crippen LogP contribution is 2.15. The minimum Gasteiger partial charge on any atom is -0.395 e. The van der Waals surface area contributed by atoms with Crippen LogP contribution in [0.15, 0.2) is 12.1 Å². The smallest absolute Gasteiger partial charge is 0.224 e. The van der Waals surface area contributed by atoms with Crippen molar-refractivity contribution >= 4 is 5.91 Å². The molecule has 1 aromatic rings. The summed E-state index contributed by atoms with van der Waals surface area (Å²) >= 11 is 0. The molecule has 3 nitrogen and oxygen atoms in total. The van der Waals surface area contributed by atoms with Crippen LogP contribution in [0.25, 0.3) is 0 Å². The lowest BCUT2D eigenvalue weighted by Crippen LogP contribution is -2.28. The predicted molar refractivity (Wildman–Crippen MR) is 64.5 cm³/mol. The van der Waals surface area contributed by atoms with E-state index in [2.05, 4.69) is 24.4 Å². The Bertz CT molecular complexity index is 386. The van der Waals surface area contributed by atoms with E-state index in [0.29, 0.717) is 13.0 Å². The van der Waals surface area contributed by atoms with E-state index in [0.717, 1.165) is 11.1 Å². The molecule has 0 saturated carbocycles. The number of aryl methyl sites for hydroxylation is 3. The average molecular weight is 221 g/mol. The van der Waals surface area contributed by atoms with Crippen LogP contribution in [-0.2, 0) is 11.2 Å². The summed E-state index contributed by atoms with van der Waals surface area (Å²) in [6.07, 6.45) is 0.382. The number of aliphatic hydroxyl groups is 1. The van der Waals surface area contributed by atoms with E-state index < -0.39 is 0 Å². The Hall–Kier alpha value is -1.35. The maximum atomic E-state index is 11.5. The fraction of sp³-hybridized carbons (Fsp3) is 0.462. The lowest BCUT2D eigenvalue weighted by molar-refractivity contribution is -0.120. The number of carbonyl (C=O) groups excluding carboxylic acids is 1. The van der Waals surface area contributed by atoms with Crippen LogP contribution in [0, 0.1) is 20.8 Å². The van der Waals surface area contributed by atoms with Gasteiger partial charge in [-0.1, -0.05) is 12.1 Å².